The highest BCUT2D eigenvalue weighted by atomic mass is 79.9. The Bertz CT molecular complexity index is 5420. The number of aromatic nitrogens is 4. The highest BCUT2D eigenvalue weighted by Gasteiger charge is 2.24. The number of anilines is 3. The number of nitro benzene ring substituents is 1. The minimum absolute atomic E-state index is 0.0841. The highest BCUT2D eigenvalue weighted by molar-refractivity contribution is 9.11. The van der Waals surface area contributed by atoms with Crippen LogP contribution in [-0.2, 0) is 32.0 Å². The molecule has 5 heterocycles. The molecule has 0 bridgehead atoms. The minimum Gasteiger partial charge on any atom is -0.506 e. The van der Waals surface area contributed by atoms with E-state index < -0.39 is 16.9 Å². The predicted molar refractivity (Wildman–Crippen MR) is 442 cm³/mol. The molecular formula is C82H90Br2N10O21. The second-order valence-electron chi connectivity index (χ2n) is 25.0. The number of hydrogen-bond donors (Lipinski definition) is 6. The van der Waals surface area contributed by atoms with Crippen molar-refractivity contribution in [2.45, 2.75) is 80.2 Å². The molecule has 1 fully saturated rings. The van der Waals surface area contributed by atoms with Crippen molar-refractivity contribution in [2.24, 2.45) is 5.73 Å². The number of benzene rings is 8. The number of oxazole rings is 3. The van der Waals surface area contributed by atoms with E-state index in [1.54, 1.807) is 77.0 Å². The average molecular weight is 1710 g/mol. The number of carbonyl (C=O) groups excluding carboxylic acids is 5. The molecule has 33 heteroatoms. The molecule has 115 heavy (non-hydrogen) atoms. The van der Waals surface area contributed by atoms with Gasteiger partial charge in [0.2, 0.25) is 17.7 Å². The fraction of sp³-hybridized carbons (Fsp3) is 0.268. The third-order valence-corrected chi connectivity index (χ3v) is 18.0. The number of likely N-dealkylation sites (tertiary alicyclic amines) is 1. The number of halogens is 2. The number of aryl methyl sites for hydroxylation is 3. The SMILES string of the molecule is C=CCc1cc2oc(C)nc2cc1OC.COc1cc(NC(C)=O)c(OC(C)=O)cc1Br.COc1cc2nc(C)oc2cc1Br.COc1cc2nc(C)oc2cc1CCN1CCC(n2ccc3ccc(C(N)=O)cc32)CC1.COc1ccc(O)c(N)c1.COc1ccc(O)c([N+](=O)[O-])c1.COc1ccc(OC(C)=O)c(NC(C)=O)c1. The maximum absolute atomic E-state index is 11.6. The first kappa shape index (κ1) is 89.3. The van der Waals surface area contributed by atoms with Crippen LogP contribution in [0.5, 0.6) is 63.2 Å². The Labute approximate surface area is 678 Å². The molecule has 1 saturated heterocycles. The number of esters is 2. The van der Waals surface area contributed by atoms with Gasteiger partial charge in [0.15, 0.2) is 51.7 Å². The largest absolute Gasteiger partial charge is 0.506 e. The zero-order chi connectivity index (χ0) is 84.3. The van der Waals surface area contributed by atoms with Crippen LogP contribution in [0.2, 0.25) is 0 Å². The van der Waals surface area contributed by atoms with Crippen molar-refractivity contribution in [1.82, 2.24) is 24.4 Å². The highest BCUT2D eigenvalue weighted by Crippen LogP contribution is 2.38. The number of hydrogen-bond acceptors (Lipinski definition) is 26. The van der Waals surface area contributed by atoms with Gasteiger partial charge >= 0.3 is 17.6 Å². The molecule has 0 saturated carbocycles. The van der Waals surface area contributed by atoms with Gasteiger partial charge < -0.3 is 97.7 Å². The Hall–Kier alpha value is -12.9. The van der Waals surface area contributed by atoms with Crippen molar-refractivity contribution in [1.29, 1.82) is 0 Å². The van der Waals surface area contributed by atoms with Gasteiger partial charge in [0, 0.05) is 146 Å². The molecule has 1 aliphatic heterocycles. The topological polar surface area (TPSA) is 414 Å². The van der Waals surface area contributed by atoms with E-state index >= 15 is 0 Å². The Morgan fingerprint density at radius 2 is 1.04 bits per heavy atom. The van der Waals surface area contributed by atoms with E-state index in [1.165, 1.54) is 67.2 Å². The lowest BCUT2D eigenvalue weighted by atomic mass is 10.0. The van der Waals surface area contributed by atoms with Crippen LogP contribution >= 0.6 is 31.9 Å². The Balaban J connectivity index is 0.000000193. The van der Waals surface area contributed by atoms with Crippen LogP contribution < -0.4 is 64.7 Å². The number of nitrogens with two attached hydrogens (primary N) is 2. The molecule has 8 N–H and O–H groups in total. The number of phenols is 2. The monoisotopic (exact) mass is 1710 g/mol. The number of nitrogens with zero attached hydrogens (tertiary/aromatic N) is 6. The number of allylic oxidation sites excluding steroid dienone is 1. The molecule has 1 aliphatic rings. The number of primary amides is 1. The molecule has 0 unspecified atom stereocenters. The molecule has 0 aliphatic carbocycles. The molecule has 0 spiro atoms. The summed E-state index contributed by atoms with van der Waals surface area (Å²) < 4.78 is 66.0. The second-order valence-corrected chi connectivity index (χ2v) is 26.7. The maximum Gasteiger partial charge on any atom is 0.314 e. The number of ether oxygens (including phenoxy) is 9. The summed E-state index contributed by atoms with van der Waals surface area (Å²) in [7, 11) is 10.9. The first-order valence-electron chi connectivity index (χ1n) is 35.2. The number of aromatic hydroxyl groups is 2. The molecule has 608 valence electrons. The van der Waals surface area contributed by atoms with Crippen LogP contribution in [0.4, 0.5) is 22.7 Å². The molecular weight excluding hydrogens is 1620 g/mol. The van der Waals surface area contributed by atoms with Crippen molar-refractivity contribution < 1.29 is 95.0 Å². The first-order valence-corrected chi connectivity index (χ1v) is 36.7. The number of carbonyl (C=O) groups is 5. The molecule has 4 aromatic heterocycles. The van der Waals surface area contributed by atoms with Crippen LogP contribution in [-0.4, -0.2) is 139 Å². The van der Waals surface area contributed by atoms with Crippen molar-refractivity contribution in [3.63, 3.8) is 0 Å². The zero-order valence-electron chi connectivity index (χ0n) is 65.8. The fourth-order valence-electron chi connectivity index (χ4n) is 11.5. The number of nitrogens with one attached hydrogen (secondary N) is 2. The van der Waals surface area contributed by atoms with Crippen molar-refractivity contribution in [3.05, 3.63) is 200 Å². The number of nitrogen functional groups attached to an aromatic ring is 1. The van der Waals surface area contributed by atoms with Crippen LogP contribution in [0.15, 0.2) is 168 Å². The quantitative estimate of drug-likeness (QED) is 0.00833. The normalized spacial score (nSPS) is 11.4. The number of rotatable bonds is 19. The fourth-order valence-corrected chi connectivity index (χ4v) is 12.4. The van der Waals surface area contributed by atoms with E-state index in [1.807, 2.05) is 69.3 Å². The Kier molecular flexibility index (Phi) is 33.1. The molecule has 0 atom stereocenters. The Morgan fingerprint density at radius 1 is 0.574 bits per heavy atom. The third kappa shape index (κ3) is 25.8. The van der Waals surface area contributed by atoms with Crippen LogP contribution in [0.1, 0.15) is 85.7 Å². The zero-order valence-corrected chi connectivity index (χ0v) is 68.9. The van der Waals surface area contributed by atoms with E-state index in [0.29, 0.717) is 79.6 Å². The van der Waals surface area contributed by atoms with E-state index in [2.05, 4.69) is 91.8 Å². The number of fused-ring (bicyclic) bond motifs is 4. The van der Waals surface area contributed by atoms with Gasteiger partial charge in [-0.05, 0) is 135 Å². The maximum atomic E-state index is 11.6. The average Bonchev–Trinajstić information content (AvgIpc) is 1.53. The lowest BCUT2D eigenvalue weighted by molar-refractivity contribution is -0.385. The predicted octanol–water partition coefficient (Wildman–Crippen LogP) is 16.1. The number of piperidine rings is 1. The van der Waals surface area contributed by atoms with Crippen molar-refractivity contribution in [2.75, 3.05) is 85.8 Å². The summed E-state index contributed by atoms with van der Waals surface area (Å²) in [5.74, 6) is 5.03. The van der Waals surface area contributed by atoms with Gasteiger partial charge in [0.25, 0.3) is 0 Å². The van der Waals surface area contributed by atoms with Gasteiger partial charge in [-0.1, -0.05) is 12.1 Å². The summed E-state index contributed by atoms with van der Waals surface area (Å²) in [6.45, 7) is 17.6. The molecule has 3 amide bonds. The summed E-state index contributed by atoms with van der Waals surface area (Å²) >= 11 is 6.64. The van der Waals surface area contributed by atoms with Crippen molar-refractivity contribution >= 4 is 128 Å². The lowest BCUT2D eigenvalue weighted by Gasteiger charge is -2.33. The number of nitro groups is 1. The van der Waals surface area contributed by atoms with E-state index in [4.69, 9.17) is 77.6 Å². The van der Waals surface area contributed by atoms with Gasteiger partial charge in [0.05, 0.1) is 86.8 Å². The number of amides is 3. The van der Waals surface area contributed by atoms with E-state index in [0.717, 1.165) is 128 Å². The summed E-state index contributed by atoms with van der Waals surface area (Å²) in [6, 6.07) is 36.2. The molecule has 8 aromatic carbocycles. The van der Waals surface area contributed by atoms with Gasteiger partial charge in [-0.3, -0.25) is 34.1 Å². The smallest absolute Gasteiger partial charge is 0.314 e. The standard InChI is InChI=1S/C25H28N4O3.C12H13NO2.C11H12BrNO4.C11H13NO4.C9H8BrNO2.C7H7NO4.C7H9NO2/c1-16-27-21-15-23(31-2)18(14-24(21)32-16)5-9-28-10-7-20(8-11-28)29-12-6-17-3-4-19(25(26)30)13-22(17)29;1-4-5-9-6-12-10(7-11(9)14-3)13-8(2)15-12;1-6(14)13-9-5-10(16-3)8(12)4-11(9)17-7(2)15;1-7(13)12-10-6-9(15-3)4-5-11(10)16-8(2)14;1-5-11-7-4-8(12-2)6(10)3-9(7)13-5;1-12-5-2-3-7(9)6(4-5)8(10)11;1-10-5-2-3-7(9)6(8)4-5/h3-4,6,12-15,20H,5,7-11H2,1-2H3,(H2,26,30);4,6-7H,1,5H2,2-3H3;4-5H,1-3H3,(H,13,14);4-6H,1-3H3,(H,12,13);3-4H,1-2H3;2-4,9H,1H3;2-4,9H,8H2,1H3. The summed E-state index contributed by atoms with van der Waals surface area (Å²) in [4.78, 5) is 80.3. The van der Waals surface area contributed by atoms with E-state index in [9.17, 15) is 34.1 Å². The number of phenolic OH excluding ortho intramolecular Hbond substituents is 2. The van der Waals surface area contributed by atoms with Gasteiger partial charge in [-0.15, -0.1) is 6.58 Å². The van der Waals surface area contributed by atoms with Crippen LogP contribution in [0, 0.1) is 30.9 Å². The van der Waals surface area contributed by atoms with Gasteiger partial charge in [-0.25, -0.2) is 15.0 Å². The molecule has 0 radical (unpaired) electrons. The second kappa shape index (κ2) is 42.7. The van der Waals surface area contributed by atoms with Crippen LogP contribution in [0.25, 0.3) is 44.2 Å². The summed E-state index contributed by atoms with van der Waals surface area (Å²) in [5, 5.41) is 34.5. The molecule has 12 aromatic rings. The Morgan fingerprint density at radius 3 is 1.55 bits per heavy atom. The van der Waals surface area contributed by atoms with E-state index in [-0.39, 0.29) is 40.7 Å². The lowest BCUT2D eigenvalue weighted by Crippen LogP contribution is -2.35. The summed E-state index contributed by atoms with van der Waals surface area (Å²) in [5.41, 5.74) is 20.3. The van der Waals surface area contributed by atoms with Gasteiger partial charge in [-0.2, -0.15) is 0 Å². The summed E-state index contributed by atoms with van der Waals surface area (Å²) in [6.07, 6.45) is 7.78. The third-order valence-electron chi connectivity index (χ3n) is 16.8. The number of methoxy groups -OCH3 is 7. The molecule has 31 nitrogen and oxygen atoms in total. The van der Waals surface area contributed by atoms with Crippen molar-refractivity contribution in [3.8, 4) is 63.2 Å². The first-order chi connectivity index (χ1) is 54.8. The van der Waals surface area contributed by atoms with Crippen LogP contribution in [0.3, 0.4) is 0 Å². The van der Waals surface area contributed by atoms with Gasteiger partial charge in [0.1, 0.15) is 62.5 Å². The minimum atomic E-state index is -0.669. The molecule has 13 rings (SSSR count).